The molecule has 0 unspecified atom stereocenters. The molecule has 0 radical (unpaired) electrons. The summed E-state index contributed by atoms with van der Waals surface area (Å²) in [5.74, 6) is 0.645. The third-order valence-corrected chi connectivity index (χ3v) is 1.66. The van der Waals surface area contributed by atoms with Gasteiger partial charge in [0, 0.05) is 17.1 Å². The maximum atomic E-state index is 5.47. The summed E-state index contributed by atoms with van der Waals surface area (Å²) in [4.78, 5) is 7.53. The predicted octanol–water partition coefficient (Wildman–Crippen LogP) is 1.69. The molecule has 1 aromatic rings. The van der Waals surface area contributed by atoms with Gasteiger partial charge in [-0.3, -0.25) is 0 Å². The van der Waals surface area contributed by atoms with Gasteiger partial charge in [-0.15, -0.1) is 34.0 Å². The standard InChI is InChI=1S/C5H7BrN4.2BrH/c6-1-3-2-9-5(8)10-4(3)7;;/h2H,1H2,(H4,7,8,9,10);2*1H. The second-order valence-electron chi connectivity index (χ2n) is 1.77. The summed E-state index contributed by atoms with van der Waals surface area (Å²) in [7, 11) is 0. The molecule has 0 fully saturated rings. The van der Waals surface area contributed by atoms with Crippen molar-refractivity contribution in [2.75, 3.05) is 11.5 Å². The molecule has 1 heterocycles. The Morgan fingerprint density at radius 1 is 1.33 bits per heavy atom. The Kier molecular flexibility index (Phi) is 8.07. The van der Waals surface area contributed by atoms with E-state index in [1.165, 1.54) is 0 Å². The lowest BCUT2D eigenvalue weighted by atomic mass is 10.4. The Balaban J connectivity index is 0. The quantitative estimate of drug-likeness (QED) is 0.743. The highest BCUT2D eigenvalue weighted by molar-refractivity contribution is 9.08. The van der Waals surface area contributed by atoms with Gasteiger partial charge in [-0.25, -0.2) is 4.98 Å². The molecule has 0 aliphatic heterocycles. The minimum Gasteiger partial charge on any atom is -0.383 e. The van der Waals surface area contributed by atoms with Crippen LogP contribution in [0.15, 0.2) is 6.20 Å². The van der Waals surface area contributed by atoms with Gasteiger partial charge in [0.05, 0.1) is 0 Å². The van der Waals surface area contributed by atoms with E-state index < -0.39 is 0 Å². The summed E-state index contributed by atoms with van der Waals surface area (Å²) >= 11 is 3.23. The van der Waals surface area contributed by atoms with Gasteiger partial charge in [0.1, 0.15) is 5.82 Å². The van der Waals surface area contributed by atoms with Gasteiger partial charge >= 0.3 is 0 Å². The molecule has 4 N–H and O–H groups in total. The van der Waals surface area contributed by atoms with Gasteiger partial charge < -0.3 is 11.5 Å². The summed E-state index contributed by atoms with van der Waals surface area (Å²) < 4.78 is 0. The molecule has 1 aromatic heterocycles. The third kappa shape index (κ3) is 3.68. The van der Waals surface area contributed by atoms with Crippen molar-refractivity contribution in [2.45, 2.75) is 5.33 Å². The van der Waals surface area contributed by atoms with Gasteiger partial charge in [-0.05, 0) is 0 Å². The van der Waals surface area contributed by atoms with Crippen LogP contribution in [-0.4, -0.2) is 9.97 Å². The maximum Gasteiger partial charge on any atom is 0.221 e. The zero-order chi connectivity index (χ0) is 7.56. The van der Waals surface area contributed by atoms with Crippen molar-refractivity contribution in [1.82, 2.24) is 9.97 Å². The molecule has 7 heteroatoms. The van der Waals surface area contributed by atoms with Crippen LogP contribution in [-0.2, 0) is 5.33 Å². The van der Waals surface area contributed by atoms with Crippen molar-refractivity contribution in [3.63, 3.8) is 0 Å². The molecule has 4 nitrogen and oxygen atoms in total. The molecule has 0 aliphatic rings. The van der Waals surface area contributed by atoms with Crippen LogP contribution in [0.3, 0.4) is 0 Å². The van der Waals surface area contributed by atoms with Gasteiger partial charge in [0.25, 0.3) is 0 Å². The summed E-state index contributed by atoms with van der Waals surface area (Å²) in [6.07, 6.45) is 1.60. The highest BCUT2D eigenvalue weighted by Crippen LogP contribution is 2.11. The molecule has 0 aromatic carbocycles. The number of nitrogens with two attached hydrogens (primary N) is 2. The van der Waals surface area contributed by atoms with Crippen molar-refractivity contribution in [3.8, 4) is 0 Å². The largest absolute Gasteiger partial charge is 0.383 e. The normalized spacial score (nSPS) is 8.08. The molecule has 0 saturated carbocycles. The van der Waals surface area contributed by atoms with Gasteiger partial charge in [0.2, 0.25) is 5.95 Å². The number of alkyl halides is 1. The lowest BCUT2D eigenvalue weighted by Gasteiger charge is -1.98. The van der Waals surface area contributed by atoms with E-state index in [-0.39, 0.29) is 39.9 Å². The van der Waals surface area contributed by atoms with E-state index in [9.17, 15) is 0 Å². The Hall–Kier alpha value is 0.120. The Morgan fingerprint density at radius 3 is 2.33 bits per heavy atom. The zero-order valence-electron chi connectivity index (χ0n) is 6.03. The van der Waals surface area contributed by atoms with E-state index in [1.807, 2.05) is 0 Å². The van der Waals surface area contributed by atoms with Crippen molar-refractivity contribution >= 4 is 61.7 Å². The smallest absolute Gasteiger partial charge is 0.221 e. The van der Waals surface area contributed by atoms with Crippen LogP contribution >= 0.6 is 49.9 Å². The summed E-state index contributed by atoms with van der Waals surface area (Å²) in [5, 5.41) is 0.652. The number of halogens is 3. The maximum absolute atomic E-state index is 5.47. The van der Waals surface area contributed by atoms with Gasteiger partial charge in [0.15, 0.2) is 0 Å². The number of hydrogen-bond donors (Lipinski definition) is 2. The number of rotatable bonds is 1. The van der Waals surface area contributed by atoms with Crippen LogP contribution < -0.4 is 11.5 Å². The molecule has 0 bridgehead atoms. The molecule has 12 heavy (non-hydrogen) atoms. The van der Waals surface area contributed by atoms with Crippen LogP contribution in [0.1, 0.15) is 5.56 Å². The molecular weight excluding hydrogens is 356 g/mol. The predicted molar refractivity (Wildman–Crippen MR) is 64.1 cm³/mol. The van der Waals surface area contributed by atoms with Crippen LogP contribution in [0.5, 0.6) is 0 Å². The number of nitrogen functional groups attached to an aromatic ring is 2. The van der Waals surface area contributed by atoms with E-state index in [0.29, 0.717) is 11.1 Å². The monoisotopic (exact) mass is 362 g/mol. The molecule has 0 aliphatic carbocycles. The number of hydrogen-bond acceptors (Lipinski definition) is 4. The van der Waals surface area contributed by atoms with Gasteiger partial charge in [-0.1, -0.05) is 15.9 Å². The Labute approximate surface area is 99.8 Å². The second-order valence-corrected chi connectivity index (χ2v) is 2.33. The minimum atomic E-state index is 0. The Morgan fingerprint density at radius 2 is 1.92 bits per heavy atom. The average molecular weight is 365 g/mol. The third-order valence-electron chi connectivity index (χ3n) is 1.06. The van der Waals surface area contributed by atoms with E-state index >= 15 is 0 Å². The number of anilines is 2. The van der Waals surface area contributed by atoms with Crippen LogP contribution in [0.25, 0.3) is 0 Å². The first-order chi connectivity index (χ1) is 4.74. The fourth-order valence-corrected chi connectivity index (χ4v) is 0.969. The SMILES string of the molecule is Br.Br.Nc1ncc(CBr)c(N)n1. The molecule has 70 valence electrons. The fraction of sp³-hybridized carbons (Fsp3) is 0.200. The van der Waals surface area contributed by atoms with Gasteiger partial charge in [-0.2, -0.15) is 4.98 Å². The highest BCUT2D eigenvalue weighted by Gasteiger charge is 1.98. The van der Waals surface area contributed by atoms with E-state index in [2.05, 4.69) is 25.9 Å². The molecule has 0 spiro atoms. The van der Waals surface area contributed by atoms with Crippen LogP contribution in [0.4, 0.5) is 11.8 Å². The fourth-order valence-electron chi connectivity index (χ4n) is 0.537. The molecular formula is C5H9Br3N4. The van der Waals surface area contributed by atoms with Crippen LogP contribution in [0.2, 0.25) is 0 Å². The second kappa shape index (κ2) is 6.62. The minimum absolute atomic E-state index is 0. The van der Waals surface area contributed by atoms with Crippen molar-refractivity contribution in [1.29, 1.82) is 0 Å². The molecule has 0 saturated heterocycles. The Bertz CT molecular complexity index is 242. The summed E-state index contributed by atoms with van der Waals surface area (Å²) in [5.41, 5.74) is 11.6. The average Bonchev–Trinajstić information content (AvgIpc) is 1.88. The topological polar surface area (TPSA) is 77.8 Å². The van der Waals surface area contributed by atoms with E-state index in [1.54, 1.807) is 6.20 Å². The number of aromatic nitrogens is 2. The van der Waals surface area contributed by atoms with Crippen molar-refractivity contribution in [2.24, 2.45) is 0 Å². The lowest BCUT2D eigenvalue weighted by molar-refractivity contribution is 1.15. The lowest BCUT2D eigenvalue weighted by Crippen LogP contribution is -2.01. The van der Waals surface area contributed by atoms with E-state index in [0.717, 1.165) is 5.56 Å². The zero-order valence-corrected chi connectivity index (χ0v) is 11.0. The molecule has 0 amide bonds. The van der Waals surface area contributed by atoms with Crippen molar-refractivity contribution < 1.29 is 0 Å². The van der Waals surface area contributed by atoms with Crippen molar-refractivity contribution in [3.05, 3.63) is 11.8 Å². The number of nitrogens with zero attached hydrogens (tertiary/aromatic N) is 2. The molecule has 1 rings (SSSR count). The first-order valence-corrected chi connectivity index (χ1v) is 3.79. The first kappa shape index (κ1) is 14.6. The summed E-state index contributed by atoms with van der Waals surface area (Å²) in [6.45, 7) is 0. The summed E-state index contributed by atoms with van der Waals surface area (Å²) in [6, 6.07) is 0. The van der Waals surface area contributed by atoms with Crippen LogP contribution in [0, 0.1) is 0 Å². The van der Waals surface area contributed by atoms with E-state index in [4.69, 9.17) is 11.5 Å². The highest BCUT2D eigenvalue weighted by atomic mass is 79.9. The molecule has 0 atom stereocenters. The first-order valence-electron chi connectivity index (χ1n) is 2.67.